The Morgan fingerprint density at radius 3 is 1.75 bits per heavy atom. The van der Waals surface area contributed by atoms with Crippen molar-refractivity contribution in [3.8, 4) is 0 Å². The summed E-state index contributed by atoms with van der Waals surface area (Å²) in [5, 5.41) is 0. The average molecular weight is 220 g/mol. The molecule has 1 aromatic heterocycles. The first-order chi connectivity index (χ1) is 7.63. The van der Waals surface area contributed by atoms with E-state index in [2.05, 4.69) is 40.0 Å². The van der Waals surface area contributed by atoms with Crippen LogP contribution in [0, 0.1) is 13.8 Å². The van der Waals surface area contributed by atoms with E-state index in [1.807, 2.05) is 6.07 Å². The molecule has 2 rings (SSSR count). The van der Waals surface area contributed by atoms with Gasteiger partial charge < -0.3 is 8.83 Å². The molecule has 0 aliphatic heterocycles. The minimum Gasteiger partial charge on any atom is -0.396 e. The predicted molar refractivity (Wildman–Crippen MR) is 62.5 cm³/mol. The molecule has 0 amide bonds. The first-order valence-corrected chi connectivity index (χ1v) is 5.24. The van der Waals surface area contributed by atoms with E-state index in [9.17, 15) is 4.79 Å². The Balaban J connectivity index is 0.000000160. The molecule has 0 saturated heterocycles. The summed E-state index contributed by atoms with van der Waals surface area (Å²) in [5.74, 6) is 0.477. The smallest absolute Gasteiger partial charge is 0.396 e. The predicted octanol–water partition coefficient (Wildman–Crippen LogP) is 3.10. The molecular weight excluding hydrogens is 204 g/mol. The molecule has 16 heavy (non-hydrogen) atoms. The van der Waals surface area contributed by atoms with Crippen LogP contribution in [-0.4, -0.2) is 0 Å². The van der Waals surface area contributed by atoms with Crippen molar-refractivity contribution in [1.82, 2.24) is 0 Å². The summed E-state index contributed by atoms with van der Waals surface area (Å²) in [6.45, 7) is 5.52. The molecule has 3 heteroatoms. The van der Waals surface area contributed by atoms with Crippen LogP contribution in [-0.2, 0) is 6.42 Å². The highest BCUT2D eigenvalue weighted by atomic mass is 16.6. The fraction of sp³-hybridized carbons (Fsp3) is 0.308. The van der Waals surface area contributed by atoms with Gasteiger partial charge in [-0.15, -0.1) is 0 Å². The van der Waals surface area contributed by atoms with E-state index in [1.165, 1.54) is 5.56 Å². The molecule has 0 bridgehead atoms. The van der Waals surface area contributed by atoms with Gasteiger partial charge >= 0.3 is 5.82 Å². The highest BCUT2D eigenvalue weighted by Gasteiger charge is 1.99. The van der Waals surface area contributed by atoms with E-state index in [1.54, 1.807) is 13.8 Å². The van der Waals surface area contributed by atoms with Gasteiger partial charge in [-0.2, -0.15) is 0 Å². The van der Waals surface area contributed by atoms with E-state index in [0.29, 0.717) is 11.5 Å². The van der Waals surface area contributed by atoms with Crippen LogP contribution in [0.25, 0.3) is 0 Å². The molecule has 0 radical (unpaired) electrons. The molecule has 0 aliphatic carbocycles. The molecule has 3 nitrogen and oxygen atoms in total. The first-order valence-electron chi connectivity index (χ1n) is 5.24. The number of aryl methyl sites for hydroxylation is 3. The van der Waals surface area contributed by atoms with Crippen molar-refractivity contribution in [2.24, 2.45) is 0 Å². The molecule has 0 saturated carbocycles. The van der Waals surface area contributed by atoms with Gasteiger partial charge in [0.05, 0.1) is 0 Å². The van der Waals surface area contributed by atoms with Gasteiger partial charge in [-0.1, -0.05) is 37.3 Å². The zero-order chi connectivity index (χ0) is 12.0. The van der Waals surface area contributed by atoms with Crippen molar-refractivity contribution >= 4 is 0 Å². The van der Waals surface area contributed by atoms with Gasteiger partial charge in [0.1, 0.15) is 11.5 Å². The number of benzene rings is 1. The number of hydrogen-bond donors (Lipinski definition) is 0. The van der Waals surface area contributed by atoms with Crippen molar-refractivity contribution in [2.45, 2.75) is 27.2 Å². The van der Waals surface area contributed by atoms with Gasteiger partial charge in [-0.05, 0) is 25.8 Å². The maximum Gasteiger partial charge on any atom is 0.518 e. The van der Waals surface area contributed by atoms with Gasteiger partial charge in [0.15, 0.2) is 0 Å². The zero-order valence-corrected chi connectivity index (χ0v) is 9.82. The van der Waals surface area contributed by atoms with Gasteiger partial charge in [-0.25, -0.2) is 4.79 Å². The standard InChI is InChI=1S/C8H10.C5H6O3/c1-2-8-6-4-3-5-7-8;1-3-4(2)8-5(6)7-3/h3-7H,2H2,1H3;1-2H3. The molecule has 1 aromatic carbocycles. The van der Waals surface area contributed by atoms with Crippen LogP contribution in [0.2, 0.25) is 0 Å². The molecular formula is C13H16O3. The minimum absolute atomic E-state index is 0.551. The van der Waals surface area contributed by atoms with Crippen molar-refractivity contribution in [3.05, 3.63) is 58.0 Å². The molecule has 0 aliphatic rings. The van der Waals surface area contributed by atoms with Crippen LogP contribution in [0.5, 0.6) is 0 Å². The van der Waals surface area contributed by atoms with Crippen molar-refractivity contribution in [3.63, 3.8) is 0 Å². The van der Waals surface area contributed by atoms with Crippen LogP contribution in [0.1, 0.15) is 24.0 Å². The quantitative estimate of drug-likeness (QED) is 0.741. The Hall–Kier alpha value is -1.77. The summed E-state index contributed by atoms with van der Waals surface area (Å²) in [7, 11) is 0. The number of hydrogen-bond acceptors (Lipinski definition) is 3. The Morgan fingerprint density at radius 2 is 1.50 bits per heavy atom. The van der Waals surface area contributed by atoms with Crippen LogP contribution in [0.15, 0.2) is 44.0 Å². The first kappa shape index (κ1) is 12.3. The minimum atomic E-state index is -0.625. The van der Waals surface area contributed by atoms with Crippen molar-refractivity contribution < 1.29 is 8.83 Å². The van der Waals surface area contributed by atoms with E-state index in [0.717, 1.165) is 6.42 Å². The number of rotatable bonds is 1. The summed E-state index contributed by atoms with van der Waals surface area (Å²) in [6, 6.07) is 10.5. The topological polar surface area (TPSA) is 43.4 Å². The second-order valence-corrected chi connectivity index (χ2v) is 3.41. The maximum absolute atomic E-state index is 10.2. The molecule has 0 N–H and O–H groups in total. The molecule has 86 valence electrons. The lowest BCUT2D eigenvalue weighted by molar-refractivity contribution is 0.373. The SMILES string of the molecule is CCc1ccccc1.Cc1oc(=O)oc1C. The van der Waals surface area contributed by atoms with E-state index in [-0.39, 0.29) is 0 Å². The Morgan fingerprint density at radius 1 is 1.00 bits per heavy atom. The summed E-state index contributed by atoms with van der Waals surface area (Å²) in [6.07, 6.45) is 1.14. The fourth-order valence-electron chi connectivity index (χ4n) is 1.13. The molecule has 0 spiro atoms. The van der Waals surface area contributed by atoms with Gasteiger partial charge in [0.25, 0.3) is 0 Å². The Labute approximate surface area is 94.7 Å². The van der Waals surface area contributed by atoms with Crippen LogP contribution in [0.3, 0.4) is 0 Å². The van der Waals surface area contributed by atoms with Gasteiger partial charge in [0, 0.05) is 0 Å². The molecule has 0 fully saturated rings. The highest BCUT2D eigenvalue weighted by molar-refractivity contribution is 5.13. The third-order valence-electron chi connectivity index (χ3n) is 2.22. The molecule has 0 atom stereocenters. The second-order valence-electron chi connectivity index (χ2n) is 3.41. The van der Waals surface area contributed by atoms with E-state index >= 15 is 0 Å². The van der Waals surface area contributed by atoms with Gasteiger partial charge in [0.2, 0.25) is 0 Å². The second kappa shape index (κ2) is 5.95. The maximum atomic E-state index is 10.2. The fourth-order valence-corrected chi connectivity index (χ4v) is 1.13. The molecule has 2 aromatic rings. The summed E-state index contributed by atoms with van der Waals surface area (Å²) < 4.78 is 8.98. The lowest BCUT2D eigenvalue weighted by Gasteiger charge is -1.89. The largest absolute Gasteiger partial charge is 0.518 e. The summed E-state index contributed by atoms with van der Waals surface area (Å²) in [5.41, 5.74) is 1.41. The molecule has 1 heterocycles. The van der Waals surface area contributed by atoms with Crippen LogP contribution in [0.4, 0.5) is 0 Å². The monoisotopic (exact) mass is 220 g/mol. The Kier molecular flexibility index (Phi) is 4.58. The summed E-state index contributed by atoms with van der Waals surface area (Å²) >= 11 is 0. The normalized spacial score (nSPS) is 9.44. The van der Waals surface area contributed by atoms with Crippen molar-refractivity contribution in [2.75, 3.05) is 0 Å². The van der Waals surface area contributed by atoms with Crippen LogP contribution < -0.4 is 5.82 Å². The highest BCUT2D eigenvalue weighted by Crippen LogP contribution is 1.99. The van der Waals surface area contributed by atoms with E-state index < -0.39 is 5.82 Å². The Bertz CT molecular complexity index is 443. The zero-order valence-electron chi connectivity index (χ0n) is 9.82. The van der Waals surface area contributed by atoms with Crippen molar-refractivity contribution in [1.29, 1.82) is 0 Å². The third kappa shape index (κ3) is 3.77. The lowest BCUT2D eigenvalue weighted by Crippen LogP contribution is -1.85. The molecule has 0 unspecified atom stereocenters. The van der Waals surface area contributed by atoms with Gasteiger partial charge in [-0.3, -0.25) is 0 Å². The lowest BCUT2D eigenvalue weighted by atomic mass is 10.2. The summed E-state index contributed by atoms with van der Waals surface area (Å²) in [4.78, 5) is 10.2. The van der Waals surface area contributed by atoms with Crippen LogP contribution >= 0.6 is 0 Å². The van der Waals surface area contributed by atoms with E-state index in [4.69, 9.17) is 0 Å². The third-order valence-corrected chi connectivity index (χ3v) is 2.22. The average Bonchev–Trinajstić information content (AvgIpc) is 2.58.